The summed E-state index contributed by atoms with van der Waals surface area (Å²) in [7, 11) is -0.600. The van der Waals surface area contributed by atoms with Crippen molar-refractivity contribution in [1.29, 1.82) is 0 Å². The van der Waals surface area contributed by atoms with Crippen molar-refractivity contribution in [2.45, 2.75) is 44.3 Å². The van der Waals surface area contributed by atoms with Gasteiger partial charge in [-0.15, -0.1) is 0 Å². The highest BCUT2D eigenvalue weighted by molar-refractivity contribution is 6.66. The largest absolute Gasteiger partial charge is 0.496 e. The van der Waals surface area contributed by atoms with Gasteiger partial charge in [0.2, 0.25) is 0 Å². The Morgan fingerprint density at radius 1 is 0.446 bits per heavy atom. The molecule has 5 heteroatoms. The zero-order valence-corrected chi connectivity index (χ0v) is 32.0. The van der Waals surface area contributed by atoms with Crippen molar-refractivity contribution >= 4 is 23.5 Å². The van der Waals surface area contributed by atoms with E-state index < -0.39 is 23.7 Å². The molecule has 1 aliphatic heterocycles. The molecule has 270 valence electrons. The van der Waals surface area contributed by atoms with E-state index in [1.165, 1.54) is 33.4 Å². The molecule has 1 saturated heterocycles. The summed E-state index contributed by atoms with van der Waals surface area (Å²) in [5, 5.41) is 1.03. The lowest BCUT2D eigenvalue weighted by molar-refractivity contribution is 0.00578. The first-order valence-electron chi connectivity index (χ1n) is 19.4. The maximum Gasteiger partial charge on any atom is 0.496 e. The van der Waals surface area contributed by atoms with Crippen LogP contribution in [0.25, 0.3) is 55.8 Å². The fourth-order valence-electron chi connectivity index (χ4n) is 8.84. The maximum absolute atomic E-state index is 6.98. The molecule has 0 N–H and O–H groups in total. The highest BCUT2D eigenvalue weighted by atomic mass is 16.7. The quantitative estimate of drug-likeness (QED) is 0.160. The highest BCUT2D eigenvalue weighted by Crippen LogP contribution is 2.56. The second-order valence-electron chi connectivity index (χ2n) is 15.9. The van der Waals surface area contributed by atoms with Gasteiger partial charge in [0.1, 0.15) is 0 Å². The summed E-state index contributed by atoms with van der Waals surface area (Å²) in [6, 6.07) is 62.6. The average Bonchev–Trinajstić information content (AvgIpc) is 3.66. The normalized spacial score (nSPS) is 16.1. The molecule has 7 aromatic carbocycles. The first kappa shape index (κ1) is 34.4. The third-order valence-electron chi connectivity index (χ3n) is 12.3. The molecule has 0 amide bonds. The minimum absolute atomic E-state index is 0.528. The van der Waals surface area contributed by atoms with Gasteiger partial charge < -0.3 is 9.31 Å². The number of benzene rings is 7. The molecule has 1 aliphatic carbocycles. The Hall–Kier alpha value is -6.14. The number of nitrogens with zero attached hydrogens (tertiary/aromatic N) is 2. The van der Waals surface area contributed by atoms with E-state index in [2.05, 4.69) is 185 Å². The van der Waals surface area contributed by atoms with Gasteiger partial charge in [0.05, 0.1) is 27.8 Å². The van der Waals surface area contributed by atoms with Crippen LogP contribution in [0.5, 0.6) is 0 Å². The predicted octanol–water partition coefficient (Wildman–Crippen LogP) is 11.3. The Kier molecular flexibility index (Phi) is 7.97. The van der Waals surface area contributed by atoms with Gasteiger partial charge in [-0.2, -0.15) is 0 Å². The van der Waals surface area contributed by atoms with Gasteiger partial charge in [-0.25, -0.2) is 9.97 Å². The minimum atomic E-state index is -0.600. The molecule has 56 heavy (non-hydrogen) atoms. The molecule has 4 nitrogen and oxygen atoms in total. The Bertz CT molecular complexity index is 2690. The van der Waals surface area contributed by atoms with Gasteiger partial charge in [0, 0.05) is 16.5 Å². The van der Waals surface area contributed by atoms with Gasteiger partial charge in [-0.05, 0) is 83.7 Å². The maximum atomic E-state index is 6.98. The molecule has 0 saturated carbocycles. The van der Waals surface area contributed by atoms with E-state index in [1.54, 1.807) is 0 Å². The van der Waals surface area contributed by atoms with Crippen molar-refractivity contribution in [3.05, 3.63) is 198 Å². The Morgan fingerprint density at radius 2 is 1.00 bits per heavy atom. The first-order valence-corrected chi connectivity index (χ1v) is 19.4. The van der Waals surface area contributed by atoms with Crippen LogP contribution in [0.4, 0.5) is 0 Å². The lowest BCUT2D eigenvalue weighted by Crippen LogP contribution is -2.41. The fraction of sp³-hybridized carbons (Fsp3) is 0.137. The molecule has 2 heterocycles. The number of para-hydroxylation sites is 1. The van der Waals surface area contributed by atoms with E-state index in [0.717, 1.165) is 44.3 Å². The van der Waals surface area contributed by atoms with Gasteiger partial charge >= 0.3 is 7.12 Å². The summed E-state index contributed by atoms with van der Waals surface area (Å²) in [6.45, 7) is 8.52. The Morgan fingerprint density at radius 3 is 1.66 bits per heavy atom. The van der Waals surface area contributed by atoms with Crippen molar-refractivity contribution in [2.75, 3.05) is 0 Å². The molecular weight excluding hydrogens is 683 g/mol. The summed E-state index contributed by atoms with van der Waals surface area (Å²) < 4.78 is 14.0. The second-order valence-corrected chi connectivity index (χ2v) is 15.9. The van der Waals surface area contributed by atoms with Crippen LogP contribution < -0.4 is 5.46 Å². The number of aromatic nitrogens is 2. The van der Waals surface area contributed by atoms with Crippen LogP contribution in [0.3, 0.4) is 0 Å². The summed E-state index contributed by atoms with van der Waals surface area (Å²) in [5.41, 5.74) is 12.7. The molecule has 0 spiro atoms. The number of rotatable bonds is 6. The zero-order chi connectivity index (χ0) is 38.1. The molecule has 0 bridgehead atoms. The van der Waals surface area contributed by atoms with E-state index in [0.29, 0.717) is 5.82 Å². The summed E-state index contributed by atoms with van der Waals surface area (Å²) in [6.07, 6.45) is 0. The number of hydrogen-bond acceptors (Lipinski definition) is 4. The smallest absolute Gasteiger partial charge is 0.399 e. The monoisotopic (exact) mass is 724 g/mol. The highest BCUT2D eigenvalue weighted by Gasteiger charge is 2.55. The SMILES string of the molecule is CC1(C)OB(c2c(-c3ccc(-c4nc(-c5ccccc5)c5ccccc5n4)cc3)ccc3c2-c2ccccc2C3(c2ccccc2)c2ccccc2)OC1(C)C. The molecule has 1 aromatic heterocycles. The lowest BCUT2D eigenvalue weighted by Gasteiger charge is -2.34. The number of hydrogen-bond donors (Lipinski definition) is 0. The first-order chi connectivity index (χ1) is 27.3. The molecular formula is C51H41BN2O2. The van der Waals surface area contributed by atoms with Crippen LogP contribution in [-0.2, 0) is 14.7 Å². The summed E-state index contributed by atoms with van der Waals surface area (Å²) in [5.74, 6) is 0.693. The molecule has 0 radical (unpaired) electrons. The second kappa shape index (κ2) is 13.0. The van der Waals surface area contributed by atoms with Crippen molar-refractivity contribution in [1.82, 2.24) is 9.97 Å². The molecule has 0 atom stereocenters. The number of fused-ring (bicyclic) bond motifs is 4. The van der Waals surface area contributed by atoms with Crippen LogP contribution in [0.2, 0.25) is 0 Å². The topological polar surface area (TPSA) is 44.2 Å². The Balaban J connectivity index is 1.19. The van der Waals surface area contributed by atoms with E-state index in [-0.39, 0.29) is 0 Å². The van der Waals surface area contributed by atoms with Gasteiger partial charge in [-0.3, -0.25) is 0 Å². The summed E-state index contributed by atoms with van der Waals surface area (Å²) in [4.78, 5) is 10.2. The minimum Gasteiger partial charge on any atom is -0.399 e. The van der Waals surface area contributed by atoms with Crippen LogP contribution in [0.1, 0.15) is 49.9 Å². The average molecular weight is 725 g/mol. The third kappa shape index (κ3) is 5.22. The van der Waals surface area contributed by atoms with E-state index in [1.807, 2.05) is 18.2 Å². The van der Waals surface area contributed by atoms with E-state index >= 15 is 0 Å². The summed E-state index contributed by atoms with van der Waals surface area (Å²) >= 11 is 0. The third-order valence-corrected chi connectivity index (χ3v) is 12.3. The van der Waals surface area contributed by atoms with Crippen molar-refractivity contribution in [3.8, 4) is 44.9 Å². The standard InChI is InChI=1S/C51H41BN2O2/c1-49(2)50(3,4)56-52(55-49)46-39(34-28-30-36(31-29-34)48-53-44-27-17-15-25-41(44)47(54-48)35-18-8-5-9-19-35)32-33-43-45(46)40-24-14-16-26-42(40)51(43,37-20-10-6-11-21-37)38-22-12-7-13-23-38/h5-33H,1-4H3. The van der Waals surface area contributed by atoms with Crippen LogP contribution in [-0.4, -0.2) is 28.3 Å². The fourth-order valence-corrected chi connectivity index (χ4v) is 8.84. The van der Waals surface area contributed by atoms with Crippen molar-refractivity contribution in [3.63, 3.8) is 0 Å². The van der Waals surface area contributed by atoms with Gasteiger partial charge in [-0.1, -0.05) is 170 Å². The van der Waals surface area contributed by atoms with Gasteiger partial charge in [0.15, 0.2) is 5.82 Å². The molecule has 2 aliphatic rings. The molecule has 10 rings (SSSR count). The van der Waals surface area contributed by atoms with E-state index in [9.17, 15) is 0 Å². The lowest BCUT2D eigenvalue weighted by atomic mass is 9.65. The van der Waals surface area contributed by atoms with Crippen LogP contribution >= 0.6 is 0 Å². The Labute approximate surface area is 329 Å². The van der Waals surface area contributed by atoms with Crippen molar-refractivity contribution in [2.24, 2.45) is 0 Å². The van der Waals surface area contributed by atoms with Crippen LogP contribution in [0.15, 0.2) is 176 Å². The van der Waals surface area contributed by atoms with Crippen molar-refractivity contribution < 1.29 is 9.31 Å². The van der Waals surface area contributed by atoms with Gasteiger partial charge in [0.25, 0.3) is 0 Å². The predicted molar refractivity (Wildman–Crippen MR) is 229 cm³/mol. The van der Waals surface area contributed by atoms with E-state index in [4.69, 9.17) is 19.3 Å². The molecule has 1 fully saturated rings. The molecule has 8 aromatic rings. The zero-order valence-electron chi connectivity index (χ0n) is 32.0. The molecule has 0 unspecified atom stereocenters. The van der Waals surface area contributed by atoms with Crippen LogP contribution in [0, 0.1) is 0 Å².